The molecule has 2 atom stereocenters. The van der Waals surface area contributed by atoms with Crippen molar-refractivity contribution in [3.05, 3.63) is 29.8 Å². The maximum Gasteiger partial charge on any atom is 0.323 e. The number of nitrogens with one attached hydrogen (secondary N) is 3. The zero-order chi connectivity index (χ0) is 20.0. The predicted octanol–water partition coefficient (Wildman–Crippen LogP) is 1.50. The van der Waals surface area contributed by atoms with Gasteiger partial charge in [-0.25, -0.2) is 13.5 Å². The Morgan fingerprint density at radius 3 is 2.27 bits per heavy atom. The summed E-state index contributed by atoms with van der Waals surface area (Å²) in [4.78, 5) is 14.0. The number of rotatable bonds is 10. The van der Waals surface area contributed by atoms with E-state index in [2.05, 4.69) is 15.1 Å². The summed E-state index contributed by atoms with van der Waals surface area (Å²) in [5.74, 6) is -0.612. The fourth-order valence-corrected chi connectivity index (χ4v) is 4.87. The van der Waals surface area contributed by atoms with E-state index in [1.807, 2.05) is 6.92 Å². The number of hydrazine groups is 1. The van der Waals surface area contributed by atoms with Gasteiger partial charge in [-0.1, -0.05) is 17.7 Å². The van der Waals surface area contributed by atoms with Crippen molar-refractivity contribution < 1.29 is 27.3 Å². The van der Waals surface area contributed by atoms with Crippen molar-refractivity contribution >= 4 is 23.4 Å². The highest BCUT2D eigenvalue weighted by Crippen LogP contribution is 2.35. The minimum absolute atomic E-state index is 0.00633. The molecular weight excluding hydrogens is 381 g/mol. The topological polar surface area (TPSA) is 123 Å². The second kappa shape index (κ2) is 9.59. The summed E-state index contributed by atoms with van der Waals surface area (Å²) in [6.07, 6.45) is -0.676. The van der Waals surface area contributed by atoms with Crippen LogP contribution >= 0.6 is 7.44 Å². The smallest absolute Gasteiger partial charge is 0.323 e. The first kappa shape index (κ1) is 22.8. The summed E-state index contributed by atoms with van der Waals surface area (Å²) in [5.41, 5.74) is 0.904. The predicted molar refractivity (Wildman–Crippen MR) is 97.9 cm³/mol. The average Bonchev–Trinajstić information content (AvgIpc) is 2.53. The van der Waals surface area contributed by atoms with Gasteiger partial charge in [0.2, 0.25) is 0 Å². The third kappa shape index (κ3) is 7.14. The molecule has 0 saturated carbocycles. The van der Waals surface area contributed by atoms with Crippen molar-refractivity contribution in [1.29, 1.82) is 0 Å². The van der Waals surface area contributed by atoms with Crippen molar-refractivity contribution in [2.24, 2.45) is 0 Å². The van der Waals surface area contributed by atoms with E-state index in [0.717, 1.165) is 5.56 Å². The number of sulfonamides is 1. The summed E-state index contributed by atoms with van der Waals surface area (Å²) in [5, 5.41) is 4.81. The van der Waals surface area contributed by atoms with Gasteiger partial charge in [-0.2, -0.15) is 5.20 Å². The first-order valence-electron chi connectivity index (χ1n) is 7.91. The second-order valence-electron chi connectivity index (χ2n) is 6.02. The molecular formula is C15H26N3O6PS. The van der Waals surface area contributed by atoms with Gasteiger partial charge in [0.15, 0.2) is 0 Å². The molecule has 0 bridgehead atoms. The fourth-order valence-electron chi connectivity index (χ4n) is 1.89. The molecule has 0 aliphatic heterocycles. The Kier molecular flexibility index (Phi) is 8.39. The van der Waals surface area contributed by atoms with Crippen molar-refractivity contribution in [3.63, 3.8) is 0 Å². The number of benzene rings is 1. The molecule has 0 radical (unpaired) electrons. The Morgan fingerprint density at radius 2 is 1.77 bits per heavy atom. The molecule has 0 heterocycles. The molecule has 0 aromatic heterocycles. The number of ether oxygens (including phenoxy) is 2. The monoisotopic (exact) mass is 407 g/mol. The number of hydrogen-bond donors (Lipinski definition) is 3. The summed E-state index contributed by atoms with van der Waals surface area (Å²) in [7, 11) is -6.25. The second-order valence-corrected chi connectivity index (χ2v) is 9.93. The van der Waals surface area contributed by atoms with Gasteiger partial charge in [0, 0.05) is 7.11 Å². The van der Waals surface area contributed by atoms with Crippen LogP contribution in [-0.2, 0) is 28.9 Å². The Labute approximate surface area is 154 Å². The van der Waals surface area contributed by atoms with Gasteiger partial charge in [0.05, 0.1) is 11.0 Å². The SMILES string of the molecule is COCP(=O)(NNS(=O)(=O)c1ccc(C)cc1)N[C@@H](C)C(=O)OC(C)C. The van der Waals surface area contributed by atoms with E-state index < -0.39 is 29.5 Å². The molecule has 26 heavy (non-hydrogen) atoms. The van der Waals surface area contributed by atoms with Crippen LogP contribution in [0.3, 0.4) is 0 Å². The highest BCUT2D eigenvalue weighted by atomic mass is 32.2. The Morgan fingerprint density at radius 1 is 1.19 bits per heavy atom. The molecule has 9 nitrogen and oxygen atoms in total. The van der Waals surface area contributed by atoms with Crippen LogP contribution in [0.15, 0.2) is 29.2 Å². The third-order valence-electron chi connectivity index (χ3n) is 3.11. The minimum Gasteiger partial charge on any atom is -0.462 e. The van der Waals surface area contributed by atoms with E-state index in [4.69, 9.17) is 9.47 Å². The van der Waals surface area contributed by atoms with Crippen molar-refractivity contribution in [2.45, 2.75) is 44.7 Å². The summed E-state index contributed by atoms with van der Waals surface area (Å²) in [6.45, 7) is 6.67. The lowest BCUT2D eigenvalue weighted by Gasteiger charge is -2.24. The Bertz CT molecular complexity index is 751. The molecule has 0 aliphatic rings. The lowest BCUT2D eigenvalue weighted by molar-refractivity contribution is -0.148. The number of carbonyl (C=O) groups is 1. The van der Waals surface area contributed by atoms with Crippen LogP contribution in [0.25, 0.3) is 0 Å². The van der Waals surface area contributed by atoms with Crippen LogP contribution in [0.4, 0.5) is 0 Å². The van der Waals surface area contributed by atoms with Gasteiger partial charge in [0.1, 0.15) is 12.4 Å². The van der Waals surface area contributed by atoms with Crippen LogP contribution < -0.4 is 15.1 Å². The number of methoxy groups -OCH3 is 1. The van der Waals surface area contributed by atoms with Crippen LogP contribution in [0.1, 0.15) is 26.3 Å². The number of hydrogen-bond acceptors (Lipinski definition) is 6. The molecule has 3 N–H and O–H groups in total. The molecule has 0 fully saturated rings. The largest absolute Gasteiger partial charge is 0.462 e. The molecule has 1 unspecified atom stereocenters. The minimum atomic E-state index is -3.95. The first-order valence-corrected chi connectivity index (χ1v) is 11.3. The number of aryl methyl sites for hydroxylation is 1. The molecule has 11 heteroatoms. The zero-order valence-corrected chi connectivity index (χ0v) is 17.2. The summed E-state index contributed by atoms with van der Waals surface area (Å²) < 4.78 is 47.4. The maximum atomic E-state index is 12.9. The zero-order valence-electron chi connectivity index (χ0n) is 15.5. The highest BCUT2D eigenvalue weighted by Gasteiger charge is 2.30. The Hall–Kier alpha value is -1.29. The average molecular weight is 407 g/mol. The molecule has 1 rings (SSSR count). The standard InChI is InChI=1S/C15H26N3O6PS/c1-11(2)24-15(19)13(4)16-25(20,10-23-5)17-18-26(21,22)14-8-6-12(3)7-9-14/h6-9,11,13,18H,10H2,1-5H3,(H2,16,17,20)/t13-,25?/m0/s1. The van der Waals surface area contributed by atoms with Crippen molar-refractivity contribution in [1.82, 2.24) is 15.1 Å². The van der Waals surface area contributed by atoms with Crippen LogP contribution in [0.2, 0.25) is 0 Å². The van der Waals surface area contributed by atoms with Gasteiger partial charge in [-0.15, -0.1) is 4.83 Å². The van der Waals surface area contributed by atoms with Crippen molar-refractivity contribution in [3.8, 4) is 0 Å². The quantitative estimate of drug-likeness (QED) is 0.303. The van der Waals surface area contributed by atoms with E-state index in [-0.39, 0.29) is 17.3 Å². The third-order valence-corrected chi connectivity index (χ3v) is 6.42. The van der Waals surface area contributed by atoms with E-state index >= 15 is 0 Å². The number of esters is 1. The molecule has 1 aromatic rings. The van der Waals surface area contributed by atoms with Crippen LogP contribution in [0.5, 0.6) is 0 Å². The molecule has 0 saturated heterocycles. The van der Waals surface area contributed by atoms with E-state index in [0.29, 0.717) is 0 Å². The van der Waals surface area contributed by atoms with Gasteiger partial charge >= 0.3 is 5.97 Å². The van der Waals surface area contributed by atoms with Crippen LogP contribution in [-0.4, -0.2) is 40.0 Å². The van der Waals surface area contributed by atoms with Gasteiger partial charge in [-0.05, 0) is 39.8 Å². The summed E-state index contributed by atoms with van der Waals surface area (Å²) in [6, 6.07) is 5.21. The van der Waals surface area contributed by atoms with Gasteiger partial charge < -0.3 is 9.47 Å². The van der Waals surface area contributed by atoms with Crippen molar-refractivity contribution in [2.75, 3.05) is 13.5 Å². The lowest BCUT2D eigenvalue weighted by Crippen LogP contribution is -2.44. The lowest BCUT2D eigenvalue weighted by atomic mass is 10.2. The molecule has 148 valence electrons. The fraction of sp³-hybridized carbons (Fsp3) is 0.533. The normalized spacial score (nSPS) is 15.5. The summed E-state index contributed by atoms with van der Waals surface area (Å²) >= 11 is 0. The molecule has 1 aromatic carbocycles. The number of carbonyl (C=O) groups excluding carboxylic acids is 1. The highest BCUT2D eigenvalue weighted by molar-refractivity contribution is 7.89. The van der Waals surface area contributed by atoms with E-state index in [1.54, 1.807) is 26.0 Å². The molecule has 0 spiro atoms. The Balaban J connectivity index is 2.84. The molecule has 0 aliphatic carbocycles. The molecule has 0 amide bonds. The van der Waals surface area contributed by atoms with Gasteiger partial charge in [-0.3, -0.25) is 9.36 Å². The van der Waals surface area contributed by atoms with Gasteiger partial charge in [0.25, 0.3) is 17.5 Å². The van der Waals surface area contributed by atoms with E-state index in [1.165, 1.54) is 26.2 Å². The van der Waals surface area contributed by atoms with Crippen LogP contribution in [0, 0.1) is 6.92 Å². The first-order chi connectivity index (χ1) is 12.0. The maximum absolute atomic E-state index is 12.9. The van der Waals surface area contributed by atoms with E-state index in [9.17, 15) is 17.8 Å².